The highest BCUT2D eigenvalue weighted by atomic mass is 35.5. The Morgan fingerprint density at radius 2 is 1.74 bits per heavy atom. The Bertz CT molecular complexity index is 1500. The molecule has 1 aliphatic rings. The molecule has 2 aromatic carbocycles. The molecule has 2 heterocycles. The average molecular weight is 532 g/mol. The van der Waals surface area contributed by atoms with Gasteiger partial charge in [-0.15, -0.1) is 0 Å². The number of ketones is 1. The van der Waals surface area contributed by atoms with E-state index in [1.807, 2.05) is 24.3 Å². The summed E-state index contributed by atoms with van der Waals surface area (Å²) in [6.45, 7) is 0. The van der Waals surface area contributed by atoms with Crippen LogP contribution < -0.4 is 4.74 Å². The number of hydrogen-bond acceptors (Lipinski definition) is 5. The molecule has 1 atom stereocenters. The number of rotatable bonds is 9. The molecule has 5 nitrogen and oxygen atoms in total. The molecular weight excluding hydrogens is 508 g/mol. The average Bonchev–Trinajstić information content (AvgIpc) is 3.29. The number of carbonyl (C=O) groups excluding carboxylic acids is 1. The van der Waals surface area contributed by atoms with E-state index in [4.69, 9.17) is 16.3 Å². The van der Waals surface area contributed by atoms with Crippen molar-refractivity contribution in [2.24, 2.45) is 0 Å². The molecule has 0 N–H and O–H groups in total. The second-order valence-electron chi connectivity index (χ2n) is 9.19. The van der Waals surface area contributed by atoms with Gasteiger partial charge in [0.2, 0.25) is 5.88 Å². The molecule has 0 spiro atoms. The topological polar surface area (TPSA) is 65.0 Å². The van der Waals surface area contributed by atoms with Gasteiger partial charge in [-0.1, -0.05) is 35.9 Å². The Morgan fingerprint density at radius 1 is 1.00 bits per heavy atom. The van der Waals surface area contributed by atoms with Crippen molar-refractivity contribution < 1.29 is 18.3 Å². The number of aromatic nitrogens is 3. The van der Waals surface area contributed by atoms with Gasteiger partial charge in [0.15, 0.2) is 0 Å². The van der Waals surface area contributed by atoms with Gasteiger partial charge >= 0.3 is 0 Å². The van der Waals surface area contributed by atoms with Crippen LogP contribution in [-0.2, 0) is 17.6 Å². The van der Waals surface area contributed by atoms with E-state index in [2.05, 4.69) is 15.0 Å². The lowest BCUT2D eigenvalue weighted by molar-refractivity contribution is -0.118. The van der Waals surface area contributed by atoms with Gasteiger partial charge in [0.05, 0.1) is 24.2 Å². The van der Waals surface area contributed by atoms with Crippen LogP contribution in [0.5, 0.6) is 5.88 Å². The summed E-state index contributed by atoms with van der Waals surface area (Å²) in [5.41, 5.74) is 5.04. The van der Waals surface area contributed by atoms with Gasteiger partial charge in [0.25, 0.3) is 0 Å². The van der Waals surface area contributed by atoms with E-state index in [9.17, 15) is 13.6 Å². The molecule has 0 radical (unpaired) electrons. The van der Waals surface area contributed by atoms with E-state index in [-0.39, 0.29) is 25.0 Å². The molecule has 0 bridgehead atoms. The van der Waals surface area contributed by atoms with Gasteiger partial charge in [-0.25, -0.2) is 13.8 Å². The third-order valence-corrected chi connectivity index (χ3v) is 6.78. The van der Waals surface area contributed by atoms with Crippen LogP contribution in [0.1, 0.15) is 41.3 Å². The van der Waals surface area contributed by atoms with Crippen molar-refractivity contribution in [3.05, 3.63) is 112 Å². The highest BCUT2D eigenvalue weighted by Crippen LogP contribution is 2.35. The first-order valence-electron chi connectivity index (χ1n) is 12.2. The number of Topliss-reactive ketones (excluding diaryl/α,β-unsaturated/α-hetero) is 1. The first kappa shape index (κ1) is 25.7. The zero-order valence-corrected chi connectivity index (χ0v) is 21.4. The van der Waals surface area contributed by atoms with Gasteiger partial charge in [-0.2, -0.15) is 0 Å². The smallest absolute Gasteiger partial charge is 0.213 e. The molecule has 0 saturated carbocycles. The normalized spacial score (nSPS) is 13.1. The summed E-state index contributed by atoms with van der Waals surface area (Å²) in [4.78, 5) is 27.1. The van der Waals surface area contributed by atoms with Crippen LogP contribution in [0.15, 0.2) is 73.1 Å². The number of fused-ring (bicyclic) bond motifs is 1. The van der Waals surface area contributed by atoms with E-state index in [0.717, 1.165) is 28.5 Å². The summed E-state index contributed by atoms with van der Waals surface area (Å²) in [6.07, 6.45) is 6.34. The maximum Gasteiger partial charge on any atom is 0.213 e. The van der Waals surface area contributed by atoms with Crippen LogP contribution in [0.3, 0.4) is 0 Å². The van der Waals surface area contributed by atoms with E-state index in [1.165, 1.54) is 12.1 Å². The minimum atomic E-state index is -0.671. The standard InChI is InChI=1S/C30H24ClF2N3O2/c1-38-27-9-6-19-2-3-21(28(19)36-27)15-26(37)16-22(12-18-13-24(32)17-25(33)14-18)30-29(34-10-11-35-30)20-4-7-23(31)8-5-20/h3-11,13-14,17,22H,2,12,15-16H2,1H3/t22-/m1/s1. The van der Waals surface area contributed by atoms with Gasteiger partial charge in [0, 0.05) is 53.9 Å². The number of benzene rings is 2. The Labute approximate surface area is 224 Å². The maximum absolute atomic E-state index is 14.0. The van der Waals surface area contributed by atoms with Gasteiger partial charge < -0.3 is 4.74 Å². The fourth-order valence-corrected chi connectivity index (χ4v) is 4.95. The quantitative estimate of drug-likeness (QED) is 0.238. The van der Waals surface area contributed by atoms with Crippen molar-refractivity contribution in [1.29, 1.82) is 0 Å². The first-order chi connectivity index (χ1) is 18.4. The molecule has 2 aromatic heterocycles. The number of nitrogens with zero attached hydrogens (tertiary/aromatic N) is 3. The van der Waals surface area contributed by atoms with Crippen molar-refractivity contribution in [2.45, 2.75) is 31.6 Å². The van der Waals surface area contributed by atoms with Crippen molar-refractivity contribution in [1.82, 2.24) is 15.0 Å². The molecule has 0 fully saturated rings. The number of halogens is 3. The van der Waals surface area contributed by atoms with E-state index in [0.29, 0.717) is 34.3 Å². The molecule has 5 rings (SSSR count). The molecule has 0 saturated heterocycles. The molecular formula is C30H24ClF2N3O2. The number of ether oxygens (including phenoxy) is 1. The Morgan fingerprint density at radius 3 is 2.47 bits per heavy atom. The van der Waals surface area contributed by atoms with Crippen molar-refractivity contribution in [3.63, 3.8) is 0 Å². The van der Waals surface area contributed by atoms with Gasteiger partial charge in [0.1, 0.15) is 17.4 Å². The van der Waals surface area contributed by atoms with Crippen LogP contribution in [0.25, 0.3) is 16.8 Å². The summed E-state index contributed by atoms with van der Waals surface area (Å²) in [6, 6.07) is 14.3. The minimum Gasteiger partial charge on any atom is -0.481 e. The highest BCUT2D eigenvalue weighted by Gasteiger charge is 2.25. The third kappa shape index (κ3) is 5.78. The van der Waals surface area contributed by atoms with Crippen LogP contribution in [-0.4, -0.2) is 27.8 Å². The number of allylic oxidation sites excluding steroid dienone is 2. The van der Waals surface area contributed by atoms with Crippen molar-refractivity contribution >= 4 is 23.0 Å². The van der Waals surface area contributed by atoms with Gasteiger partial charge in [-0.05, 0) is 53.8 Å². The molecule has 1 aliphatic carbocycles. The summed E-state index contributed by atoms with van der Waals surface area (Å²) in [5.74, 6) is -1.36. The lowest BCUT2D eigenvalue weighted by Gasteiger charge is -2.19. The van der Waals surface area contributed by atoms with Crippen LogP contribution in [0.2, 0.25) is 5.02 Å². The fourth-order valence-electron chi connectivity index (χ4n) is 4.83. The molecule has 0 unspecified atom stereocenters. The minimum absolute atomic E-state index is 0.0386. The van der Waals surface area contributed by atoms with E-state index < -0.39 is 17.6 Å². The van der Waals surface area contributed by atoms with Crippen molar-refractivity contribution in [2.75, 3.05) is 7.11 Å². The zero-order valence-electron chi connectivity index (χ0n) is 20.6. The second kappa shape index (κ2) is 11.2. The zero-order chi connectivity index (χ0) is 26.6. The summed E-state index contributed by atoms with van der Waals surface area (Å²) in [7, 11) is 1.55. The number of hydrogen-bond donors (Lipinski definition) is 0. The second-order valence-corrected chi connectivity index (χ2v) is 9.63. The fraction of sp³-hybridized carbons (Fsp3) is 0.200. The molecule has 0 amide bonds. The summed E-state index contributed by atoms with van der Waals surface area (Å²) >= 11 is 6.07. The lowest BCUT2D eigenvalue weighted by atomic mass is 9.87. The summed E-state index contributed by atoms with van der Waals surface area (Å²) < 4.78 is 33.3. The maximum atomic E-state index is 14.0. The molecule has 4 aromatic rings. The predicted molar refractivity (Wildman–Crippen MR) is 142 cm³/mol. The Balaban J connectivity index is 1.46. The monoisotopic (exact) mass is 531 g/mol. The van der Waals surface area contributed by atoms with Crippen LogP contribution in [0.4, 0.5) is 8.78 Å². The largest absolute Gasteiger partial charge is 0.481 e. The van der Waals surface area contributed by atoms with Crippen LogP contribution >= 0.6 is 11.6 Å². The molecule has 38 heavy (non-hydrogen) atoms. The van der Waals surface area contributed by atoms with Crippen molar-refractivity contribution in [3.8, 4) is 17.1 Å². The molecule has 8 heteroatoms. The molecule has 0 aliphatic heterocycles. The van der Waals surface area contributed by atoms with E-state index >= 15 is 0 Å². The number of pyridine rings is 1. The highest BCUT2D eigenvalue weighted by molar-refractivity contribution is 6.30. The SMILES string of the molecule is COc1ccc2c(n1)C(CC(=O)C[C@@H](Cc1cc(F)cc(F)c1)c1nccnc1-c1ccc(Cl)cc1)=CC2. The third-order valence-electron chi connectivity index (χ3n) is 6.53. The first-order valence-corrected chi connectivity index (χ1v) is 12.5. The Hall–Kier alpha value is -3.97. The van der Waals surface area contributed by atoms with E-state index in [1.54, 1.807) is 37.7 Å². The van der Waals surface area contributed by atoms with Crippen LogP contribution in [0, 0.1) is 11.6 Å². The van der Waals surface area contributed by atoms with Gasteiger partial charge in [-0.3, -0.25) is 14.8 Å². The Kier molecular flexibility index (Phi) is 7.56. The molecule has 192 valence electrons. The summed E-state index contributed by atoms with van der Waals surface area (Å²) in [5, 5.41) is 0.580. The predicted octanol–water partition coefficient (Wildman–Crippen LogP) is 6.79. The lowest BCUT2D eigenvalue weighted by Crippen LogP contribution is -2.14. The number of methoxy groups -OCH3 is 1. The number of carbonyl (C=O) groups is 1.